The number of nitrogens with zero attached hydrogens (tertiary/aromatic N) is 1. The van der Waals surface area contributed by atoms with Crippen LogP contribution in [0.5, 0.6) is 11.5 Å². The third kappa shape index (κ3) is 4.35. The highest BCUT2D eigenvalue weighted by molar-refractivity contribution is 6.30. The molecule has 3 rings (SSSR count). The number of nitrogens with one attached hydrogen (secondary N) is 1. The second-order valence-corrected chi connectivity index (χ2v) is 6.78. The lowest BCUT2D eigenvalue weighted by molar-refractivity contribution is 0.0948. The van der Waals surface area contributed by atoms with E-state index in [1.165, 1.54) is 13.3 Å². The second-order valence-electron chi connectivity index (χ2n) is 6.34. The van der Waals surface area contributed by atoms with Crippen LogP contribution in [0.1, 0.15) is 27.9 Å². The van der Waals surface area contributed by atoms with Gasteiger partial charge in [-0.25, -0.2) is 0 Å². The number of halogens is 1. The maximum atomic E-state index is 12.6. The Labute approximate surface area is 167 Å². The Bertz CT molecular complexity index is 990. The van der Waals surface area contributed by atoms with Gasteiger partial charge in [0.2, 0.25) is 0 Å². The van der Waals surface area contributed by atoms with E-state index in [0.717, 1.165) is 11.1 Å². The molecule has 0 atom stereocenters. The summed E-state index contributed by atoms with van der Waals surface area (Å²) in [7, 11) is 1.53. The van der Waals surface area contributed by atoms with Crippen LogP contribution in [0.4, 0.5) is 0 Å². The monoisotopic (exact) mass is 400 g/mol. The number of hydrogen-bond donors (Lipinski definition) is 3. The van der Waals surface area contributed by atoms with E-state index in [4.69, 9.17) is 21.4 Å². The fraction of sp³-hybridized carbons (Fsp3) is 0.238. The zero-order valence-corrected chi connectivity index (χ0v) is 16.2. The van der Waals surface area contributed by atoms with Crippen LogP contribution in [0.25, 0.3) is 10.9 Å². The maximum absolute atomic E-state index is 12.6. The van der Waals surface area contributed by atoms with Crippen molar-refractivity contribution in [1.82, 2.24) is 10.3 Å². The van der Waals surface area contributed by atoms with Gasteiger partial charge in [0.1, 0.15) is 17.1 Å². The van der Waals surface area contributed by atoms with Gasteiger partial charge in [0, 0.05) is 29.8 Å². The summed E-state index contributed by atoms with van der Waals surface area (Å²) in [6.45, 7) is 0.350. The van der Waals surface area contributed by atoms with E-state index >= 15 is 0 Å². The summed E-state index contributed by atoms with van der Waals surface area (Å²) in [6, 6.07) is 10.6. The number of rotatable bonds is 7. The lowest BCUT2D eigenvalue weighted by atomic mass is 10.0. The highest BCUT2D eigenvalue weighted by atomic mass is 35.5. The Hall–Kier alpha value is -2.83. The van der Waals surface area contributed by atoms with Crippen molar-refractivity contribution >= 4 is 28.4 Å². The number of carbonyl (C=O) groups is 1. The molecule has 0 aliphatic carbocycles. The number of aliphatic hydroxyl groups is 1. The van der Waals surface area contributed by atoms with Crippen LogP contribution in [0.2, 0.25) is 5.02 Å². The summed E-state index contributed by atoms with van der Waals surface area (Å²) < 4.78 is 5.30. The molecular formula is C21H21ClN2O4. The fourth-order valence-electron chi connectivity index (χ4n) is 2.96. The average molecular weight is 401 g/mol. The third-order valence-corrected chi connectivity index (χ3v) is 4.70. The first-order chi connectivity index (χ1) is 13.5. The van der Waals surface area contributed by atoms with Crippen LogP contribution in [-0.4, -0.2) is 34.8 Å². The van der Waals surface area contributed by atoms with Gasteiger partial charge in [-0.2, -0.15) is 0 Å². The molecule has 3 aromatic rings. The molecule has 6 nitrogen and oxygen atoms in total. The van der Waals surface area contributed by atoms with Gasteiger partial charge in [-0.1, -0.05) is 23.7 Å². The Morgan fingerprint density at radius 2 is 2.00 bits per heavy atom. The molecule has 1 amide bonds. The van der Waals surface area contributed by atoms with Gasteiger partial charge >= 0.3 is 0 Å². The molecule has 3 N–H and O–H groups in total. The Balaban J connectivity index is 1.89. The van der Waals surface area contributed by atoms with E-state index in [2.05, 4.69) is 10.3 Å². The first-order valence-corrected chi connectivity index (χ1v) is 9.23. The smallest absolute Gasteiger partial charge is 0.256 e. The number of benzene rings is 2. The fourth-order valence-corrected chi connectivity index (χ4v) is 3.08. The molecule has 0 aliphatic heterocycles. The van der Waals surface area contributed by atoms with E-state index in [1.807, 2.05) is 18.2 Å². The summed E-state index contributed by atoms with van der Waals surface area (Å²) >= 11 is 5.86. The summed E-state index contributed by atoms with van der Waals surface area (Å²) in [6.07, 6.45) is 2.51. The first kappa shape index (κ1) is 19.9. The predicted molar refractivity (Wildman–Crippen MR) is 108 cm³/mol. The van der Waals surface area contributed by atoms with E-state index in [0.29, 0.717) is 41.1 Å². The Kier molecular flexibility index (Phi) is 6.34. The second kappa shape index (κ2) is 8.91. The van der Waals surface area contributed by atoms with Gasteiger partial charge in [0.05, 0.1) is 12.6 Å². The number of ether oxygens (including phenoxy) is 1. The van der Waals surface area contributed by atoms with E-state index in [1.54, 1.807) is 18.2 Å². The van der Waals surface area contributed by atoms with E-state index < -0.39 is 5.91 Å². The lowest BCUT2D eigenvalue weighted by Crippen LogP contribution is -2.23. The van der Waals surface area contributed by atoms with Crippen molar-refractivity contribution in [3.05, 3.63) is 64.3 Å². The molecule has 146 valence electrons. The van der Waals surface area contributed by atoms with E-state index in [9.17, 15) is 9.90 Å². The minimum Gasteiger partial charge on any atom is -0.506 e. The number of aryl methyl sites for hydroxylation is 1. The Morgan fingerprint density at radius 1 is 1.25 bits per heavy atom. The van der Waals surface area contributed by atoms with Crippen LogP contribution < -0.4 is 10.1 Å². The van der Waals surface area contributed by atoms with Crippen LogP contribution in [-0.2, 0) is 13.0 Å². The molecule has 0 radical (unpaired) electrons. The normalized spacial score (nSPS) is 10.8. The zero-order valence-electron chi connectivity index (χ0n) is 15.4. The molecule has 2 aromatic carbocycles. The topological polar surface area (TPSA) is 91.7 Å². The number of aromatic nitrogens is 1. The minimum atomic E-state index is -0.429. The quantitative estimate of drug-likeness (QED) is 0.565. The minimum absolute atomic E-state index is 0.0515. The highest BCUT2D eigenvalue weighted by Crippen LogP contribution is 2.33. The summed E-state index contributed by atoms with van der Waals surface area (Å²) in [4.78, 5) is 16.9. The molecule has 0 saturated heterocycles. The predicted octanol–water partition coefficient (Wildman–Crippen LogP) is 3.46. The number of hydrogen-bond acceptors (Lipinski definition) is 5. The molecule has 0 bridgehead atoms. The average Bonchev–Trinajstić information content (AvgIpc) is 2.71. The number of pyridine rings is 1. The van der Waals surface area contributed by atoms with Crippen molar-refractivity contribution in [2.75, 3.05) is 13.7 Å². The molecule has 0 spiro atoms. The summed E-state index contributed by atoms with van der Waals surface area (Å²) in [5.41, 5.74) is 2.40. The van der Waals surface area contributed by atoms with Crippen LogP contribution in [0, 0.1) is 0 Å². The highest BCUT2D eigenvalue weighted by Gasteiger charge is 2.17. The molecule has 7 heteroatoms. The maximum Gasteiger partial charge on any atom is 0.256 e. The third-order valence-electron chi connectivity index (χ3n) is 4.45. The van der Waals surface area contributed by atoms with Gasteiger partial charge in [-0.05, 0) is 48.2 Å². The number of methoxy groups -OCH3 is 1. The van der Waals surface area contributed by atoms with E-state index in [-0.39, 0.29) is 17.9 Å². The molecule has 0 aliphatic rings. The van der Waals surface area contributed by atoms with Crippen molar-refractivity contribution in [3.63, 3.8) is 0 Å². The van der Waals surface area contributed by atoms with Crippen molar-refractivity contribution < 1.29 is 19.7 Å². The Morgan fingerprint density at radius 3 is 2.68 bits per heavy atom. The van der Waals surface area contributed by atoms with Crippen molar-refractivity contribution in [2.45, 2.75) is 19.4 Å². The van der Waals surface area contributed by atoms with Crippen molar-refractivity contribution in [1.29, 1.82) is 0 Å². The van der Waals surface area contributed by atoms with Gasteiger partial charge in [0.25, 0.3) is 5.91 Å². The molecule has 1 heterocycles. The van der Waals surface area contributed by atoms with Gasteiger partial charge in [0.15, 0.2) is 0 Å². The lowest BCUT2D eigenvalue weighted by Gasteiger charge is -2.13. The summed E-state index contributed by atoms with van der Waals surface area (Å²) in [5.74, 6) is -0.0272. The molecule has 1 aromatic heterocycles. The number of fused-ring (bicyclic) bond motifs is 1. The SMILES string of the molecule is COc1cc(CCCO)c2ncc(C(=O)NCc3ccc(Cl)cc3)c(O)c2c1. The van der Waals surface area contributed by atoms with Crippen molar-refractivity contribution in [2.24, 2.45) is 0 Å². The molecule has 0 saturated carbocycles. The number of aliphatic hydroxyl groups excluding tert-OH is 1. The number of aromatic hydroxyl groups is 1. The van der Waals surface area contributed by atoms with Crippen molar-refractivity contribution in [3.8, 4) is 11.5 Å². The molecule has 0 unspecified atom stereocenters. The molecule has 28 heavy (non-hydrogen) atoms. The first-order valence-electron chi connectivity index (χ1n) is 8.85. The number of carbonyl (C=O) groups excluding carboxylic acids is 1. The molecular weight excluding hydrogens is 380 g/mol. The van der Waals surface area contributed by atoms with Gasteiger partial charge in [-0.3, -0.25) is 9.78 Å². The zero-order chi connectivity index (χ0) is 20.1. The molecule has 0 fully saturated rings. The van der Waals surface area contributed by atoms with Crippen LogP contribution >= 0.6 is 11.6 Å². The standard InChI is InChI=1S/C21H21ClN2O4/c1-28-16-9-14(3-2-8-25)19-17(10-16)20(26)18(12-23-19)21(27)24-11-13-4-6-15(22)7-5-13/h4-7,9-10,12,25H,2-3,8,11H2,1H3,(H,23,26)(H,24,27). The summed E-state index contributed by atoms with van der Waals surface area (Å²) in [5, 5.41) is 23.6. The number of amides is 1. The largest absolute Gasteiger partial charge is 0.506 e. The van der Waals surface area contributed by atoms with Gasteiger partial charge in [-0.15, -0.1) is 0 Å². The van der Waals surface area contributed by atoms with Crippen LogP contribution in [0.15, 0.2) is 42.6 Å². The van der Waals surface area contributed by atoms with Gasteiger partial charge < -0.3 is 20.3 Å². The van der Waals surface area contributed by atoms with Crippen LogP contribution in [0.3, 0.4) is 0 Å².